The number of benzene rings is 1. The van der Waals surface area contributed by atoms with Gasteiger partial charge in [-0.1, -0.05) is 13.8 Å². The van der Waals surface area contributed by atoms with E-state index < -0.39 is 11.7 Å². The minimum absolute atomic E-state index is 0.269. The maximum Gasteiger partial charge on any atom is 0.416 e. The van der Waals surface area contributed by atoms with E-state index in [0.717, 1.165) is 31.8 Å². The molecular formula is C16H22F3N3O. The lowest BCUT2D eigenvalue weighted by atomic mass is 10.2. The monoisotopic (exact) mass is 329 g/mol. The van der Waals surface area contributed by atoms with Gasteiger partial charge in [0.05, 0.1) is 5.56 Å². The lowest BCUT2D eigenvalue weighted by Crippen LogP contribution is -2.50. The molecule has 1 aliphatic rings. The molecule has 128 valence electrons. The first kappa shape index (κ1) is 17.6. The number of amides is 2. The van der Waals surface area contributed by atoms with Crippen molar-refractivity contribution in [3.8, 4) is 0 Å². The van der Waals surface area contributed by atoms with E-state index in [2.05, 4.69) is 24.1 Å². The average Bonchev–Trinajstić information content (AvgIpc) is 2.47. The third-order valence-corrected chi connectivity index (χ3v) is 3.75. The molecule has 1 aliphatic heterocycles. The van der Waals surface area contributed by atoms with Gasteiger partial charge in [0.15, 0.2) is 0 Å². The molecule has 0 spiro atoms. The third-order valence-electron chi connectivity index (χ3n) is 3.75. The van der Waals surface area contributed by atoms with Gasteiger partial charge in [-0.3, -0.25) is 4.90 Å². The number of alkyl halides is 3. The summed E-state index contributed by atoms with van der Waals surface area (Å²) in [7, 11) is 0. The number of nitrogens with one attached hydrogen (secondary N) is 1. The Bertz CT molecular complexity index is 520. The smallest absolute Gasteiger partial charge is 0.322 e. The quantitative estimate of drug-likeness (QED) is 0.921. The molecule has 0 radical (unpaired) electrons. The minimum Gasteiger partial charge on any atom is -0.322 e. The first-order valence-corrected chi connectivity index (χ1v) is 7.71. The highest BCUT2D eigenvalue weighted by atomic mass is 19.4. The Kier molecular flexibility index (Phi) is 5.51. The van der Waals surface area contributed by atoms with E-state index in [-0.39, 0.29) is 6.03 Å². The lowest BCUT2D eigenvalue weighted by Gasteiger charge is -2.35. The highest BCUT2D eigenvalue weighted by Crippen LogP contribution is 2.29. The number of piperazine rings is 1. The van der Waals surface area contributed by atoms with Gasteiger partial charge in [-0.05, 0) is 30.2 Å². The van der Waals surface area contributed by atoms with Crippen LogP contribution >= 0.6 is 0 Å². The fraction of sp³-hybridized carbons (Fsp3) is 0.562. The molecule has 1 heterocycles. The Labute approximate surface area is 134 Å². The van der Waals surface area contributed by atoms with Gasteiger partial charge in [0.1, 0.15) is 0 Å². The largest absolute Gasteiger partial charge is 0.416 e. The van der Waals surface area contributed by atoms with Crippen LogP contribution in [-0.4, -0.2) is 48.6 Å². The van der Waals surface area contributed by atoms with Gasteiger partial charge in [0, 0.05) is 38.4 Å². The minimum atomic E-state index is -4.37. The predicted octanol–water partition coefficient (Wildman–Crippen LogP) is 3.51. The topological polar surface area (TPSA) is 35.6 Å². The van der Waals surface area contributed by atoms with Crippen LogP contribution < -0.4 is 5.32 Å². The summed E-state index contributed by atoms with van der Waals surface area (Å²) in [6, 6.07) is 4.21. The zero-order valence-corrected chi connectivity index (χ0v) is 13.4. The average molecular weight is 329 g/mol. The molecule has 1 aromatic carbocycles. The molecule has 2 rings (SSSR count). The van der Waals surface area contributed by atoms with Crippen molar-refractivity contribution in [3.63, 3.8) is 0 Å². The maximum absolute atomic E-state index is 12.5. The number of halogens is 3. The molecule has 23 heavy (non-hydrogen) atoms. The number of carbonyl (C=O) groups is 1. The van der Waals surface area contributed by atoms with Crippen LogP contribution in [0.2, 0.25) is 0 Å². The molecule has 7 heteroatoms. The number of urea groups is 1. The molecule has 1 aromatic rings. The van der Waals surface area contributed by atoms with E-state index in [1.807, 2.05) is 0 Å². The zero-order valence-electron chi connectivity index (χ0n) is 13.4. The van der Waals surface area contributed by atoms with Crippen molar-refractivity contribution in [1.82, 2.24) is 9.80 Å². The van der Waals surface area contributed by atoms with Gasteiger partial charge < -0.3 is 10.2 Å². The van der Waals surface area contributed by atoms with Crippen LogP contribution in [0.5, 0.6) is 0 Å². The summed E-state index contributed by atoms with van der Waals surface area (Å²) in [6.45, 7) is 8.21. The van der Waals surface area contributed by atoms with Crippen molar-refractivity contribution >= 4 is 11.7 Å². The molecule has 1 saturated heterocycles. The number of hydrogen-bond donors (Lipinski definition) is 1. The molecule has 0 saturated carbocycles. The van der Waals surface area contributed by atoms with Gasteiger partial charge in [0.25, 0.3) is 0 Å². The molecule has 0 atom stereocenters. The molecule has 0 unspecified atom stereocenters. The number of hydrogen-bond acceptors (Lipinski definition) is 2. The van der Waals surface area contributed by atoms with Crippen molar-refractivity contribution in [1.29, 1.82) is 0 Å². The fourth-order valence-corrected chi connectivity index (χ4v) is 2.60. The molecular weight excluding hydrogens is 307 g/mol. The van der Waals surface area contributed by atoms with Gasteiger partial charge in [-0.2, -0.15) is 13.2 Å². The molecule has 2 amide bonds. The van der Waals surface area contributed by atoms with Crippen molar-refractivity contribution in [2.75, 3.05) is 38.0 Å². The summed E-state index contributed by atoms with van der Waals surface area (Å²) in [5.41, 5.74) is -0.356. The Balaban J connectivity index is 1.86. The number of carbonyl (C=O) groups excluding carboxylic acids is 1. The summed E-state index contributed by atoms with van der Waals surface area (Å²) < 4.78 is 37.5. The second-order valence-corrected chi connectivity index (χ2v) is 6.19. The Morgan fingerprint density at radius 2 is 1.70 bits per heavy atom. The Hall–Kier alpha value is -1.76. The van der Waals surface area contributed by atoms with E-state index in [0.29, 0.717) is 24.7 Å². The van der Waals surface area contributed by atoms with Crippen LogP contribution in [0.15, 0.2) is 24.3 Å². The lowest BCUT2D eigenvalue weighted by molar-refractivity contribution is -0.137. The van der Waals surface area contributed by atoms with Gasteiger partial charge >= 0.3 is 12.2 Å². The molecule has 0 aromatic heterocycles. The van der Waals surface area contributed by atoms with E-state index in [4.69, 9.17) is 0 Å². The van der Waals surface area contributed by atoms with Crippen molar-refractivity contribution in [2.24, 2.45) is 5.92 Å². The third kappa shape index (κ3) is 5.13. The standard InChI is InChI=1S/C16H22F3N3O/c1-12(2)11-21-7-9-22(10-8-21)15(23)20-14-5-3-13(4-6-14)16(17,18)19/h3-6,12H,7-11H2,1-2H3,(H,20,23). The first-order valence-electron chi connectivity index (χ1n) is 7.71. The Morgan fingerprint density at radius 1 is 1.13 bits per heavy atom. The summed E-state index contributed by atoms with van der Waals surface area (Å²) in [4.78, 5) is 16.2. The highest BCUT2D eigenvalue weighted by molar-refractivity contribution is 5.89. The second-order valence-electron chi connectivity index (χ2n) is 6.19. The zero-order chi connectivity index (χ0) is 17.0. The number of rotatable bonds is 3. The van der Waals surface area contributed by atoms with Crippen molar-refractivity contribution < 1.29 is 18.0 Å². The predicted molar refractivity (Wildman–Crippen MR) is 83.3 cm³/mol. The van der Waals surface area contributed by atoms with E-state index in [1.54, 1.807) is 4.90 Å². The summed E-state index contributed by atoms with van der Waals surface area (Å²) in [5.74, 6) is 0.586. The molecule has 4 nitrogen and oxygen atoms in total. The molecule has 1 N–H and O–H groups in total. The van der Waals surface area contributed by atoms with Gasteiger partial charge in [0.2, 0.25) is 0 Å². The molecule has 0 bridgehead atoms. The van der Waals surface area contributed by atoms with E-state index >= 15 is 0 Å². The second kappa shape index (κ2) is 7.21. The maximum atomic E-state index is 12.5. The SMILES string of the molecule is CC(C)CN1CCN(C(=O)Nc2ccc(C(F)(F)F)cc2)CC1. The summed E-state index contributed by atoms with van der Waals surface area (Å²) in [5, 5.41) is 2.65. The first-order chi connectivity index (χ1) is 10.8. The summed E-state index contributed by atoms with van der Waals surface area (Å²) >= 11 is 0. The van der Waals surface area contributed by atoms with Gasteiger partial charge in [-0.15, -0.1) is 0 Å². The normalized spacial score (nSPS) is 16.7. The van der Waals surface area contributed by atoms with Crippen LogP contribution in [0.25, 0.3) is 0 Å². The van der Waals surface area contributed by atoms with Crippen LogP contribution in [0, 0.1) is 5.92 Å². The fourth-order valence-electron chi connectivity index (χ4n) is 2.60. The molecule has 1 fully saturated rings. The van der Waals surface area contributed by atoms with E-state index in [1.165, 1.54) is 12.1 Å². The van der Waals surface area contributed by atoms with E-state index in [9.17, 15) is 18.0 Å². The van der Waals surface area contributed by atoms with Crippen molar-refractivity contribution in [2.45, 2.75) is 20.0 Å². The number of anilines is 1. The van der Waals surface area contributed by atoms with Crippen LogP contribution in [0.3, 0.4) is 0 Å². The van der Waals surface area contributed by atoms with Crippen molar-refractivity contribution in [3.05, 3.63) is 29.8 Å². The van der Waals surface area contributed by atoms with Crippen LogP contribution in [0.1, 0.15) is 19.4 Å². The van der Waals surface area contributed by atoms with Crippen LogP contribution in [0.4, 0.5) is 23.7 Å². The summed E-state index contributed by atoms with van der Waals surface area (Å²) in [6.07, 6.45) is -4.37. The highest BCUT2D eigenvalue weighted by Gasteiger charge is 2.30. The number of nitrogens with zero attached hydrogens (tertiary/aromatic N) is 2. The Morgan fingerprint density at radius 3 is 2.17 bits per heavy atom. The molecule has 0 aliphatic carbocycles. The van der Waals surface area contributed by atoms with Crippen LogP contribution in [-0.2, 0) is 6.18 Å². The van der Waals surface area contributed by atoms with Gasteiger partial charge in [-0.25, -0.2) is 4.79 Å².